The predicted molar refractivity (Wildman–Crippen MR) is 181 cm³/mol. The number of pyridine rings is 1. The summed E-state index contributed by atoms with van der Waals surface area (Å²) in [5.74, 6) is -0.0806. The lowest BCUT2D eigenvalue weighted by Gasteiger charge is -2.44. The normalized spacial score (nSPS) is 18.8. The molecule has 0 saturated carbocycles. The smallest absolute Gasteiger partial charge is 0.269 e. The zero-order valence-corrected chi connectivity index (χ0v) is 26.3. The van der Waals surface area contributed by atoms with Gasteiger partial charge in [0.25, 0.3) is 23.1 Å². The van der Waals surface area contributed by atoms with Gasteiger partial charge in [-0.2, -0.15) is 0 Å². The van der Waals surface area contributed by atoms with E-state index in [2.05, 4.69) is 15.1 Å². The largest absolute Gasteiger partial charge is 0.369 e. The zero-order valence-electron chi connectivity index (χ0n) is 25.5. The van der Waals surface area contributed by atoms with Crippen LogP contribution in [0.5, 0.6) is 0 Å². The van der Waals surface area contributed by atoms with Crippen LogP contribution < -0.4 is 20.7 Å². The van der Waals surface area contributed by atoms with Crippen LogP contribution >= 0.6 is 11.6 Å². The van der Waals surface area contributed by atoms with Crippen LogP contribution in [0.3, 0.4) is 0 Å². The van der Waals surface area contributed by atoms with Gasteiger partial charge in [-0.3, -0.25) is 24.5 Å². The minimum absolute atomic E-state index is 0.0229. The molecule has 0 radical (unpaired) electrons. The molecule has 1 N–H and O–H groups in total. The predicted octanol–water partition coefficient (Wildman–Crippen LogP) is 5.25. The number of piperidine rings is 1. The number of benzene rings is 3. The molecule has 4 heterocycles. The molecule has 3 aromatic carbocycles. The summed E-state index contributed by atoms with van der Waals surface area (Å²) in [6, 6.07) is 24.2. The first-order chi connectivity index (χ1) is 22.7. The number of nitro groups is 1. The van der Waals surface area contributed by atoms with Crippen LogP contribution in [0, 0.1) is 16.0 Å². The number of rotatable bonds is 6. The number of piperazine rings is 1. The number of nitro benzene ring substituents is 1. The Labute approximate surface area is 276 Å². The molecule has 7 rings (SSSR count). The van der Waals surface area contributed by atoms with Gasteiger partial charge in [-0.05, 0) is 60.9 Å². The van der Waals surface area contributed by atoms with Crippen LogP contribution in [-0.4, -0.2) is 65.5 Å². The lowest BCUT2D eigenvalue weighted by Crippen LogP contribution is -2.49. The van der Waals surface area contributed by atoms with Crippen LogP contribution in [-0.2, 0) is 6.54 Å². The maximum absolute atomic E-state index is 13.8. The number of hydrogen-bond acceptors (Lipinski definition) is 7. The Bertz CT molecular complexity index is 1920. The van der Waals surface area contributed by atoms with Crippen molar-refractivity contribution in [1.29, 1.82) is 0 Å². The van der Waals surface area contributed by atoms with Crippen molar-refractivity contribution in [2.75, 3.05) is 54.4 Å². The summed E-state index contributed by atoms with van der Waals surface area (Å²) in [5, 5.41) is 14.4. The van der Waals surface area contributed by atoms with E-state index in [0.29, 0.717) is 67.7 Å². The van der Waals surface area contributed by atoms with Gasteiger partial charge < -0.3 is 24.6 Å². The number of aromatic nitrogens is 1. The SMILES string of the molecule is O=C(Nc1cc(C(=O)N2CCN(c3ccc([N+](=O)[O-])cc3)CC2)ccc1N1CC2CC(C1)c1cccc(=O)n1C2)c1ccccc1Cl. The highest BCUT2D eigenvalue weighted by molar-refractivity contribution is 6.34. The topological polar surface area (TPSA) is 121 Å². The van der Waals surface area contributed by atoms with Gasteiger partial charge in [0.05, 0.1) is 26.9 Å². The molecule has 12 heteroatoms. The highest BCUT2D eigenvalue weighted by Crippen LogP contribution is 2.39. The van der Waals surface area contributed by atoms with Gasteiger partial charge in [0.1, 0.15) is 0 Å². The lowest BCUT2D eigenvalue weighted by molar-refractivity contribution is -0.384. The minimum atomic E-state index is -0.421. The maximum atomic E-state index is 13.8. The third kappa shape index (κ3) is 6.06. The first-order valence-electron chi connectivity index (χ1n) is 15.7. The second kappa shape index (κ2) is 12.6. The molecule has 3 aliphatic heterocycles. The van der Waals surface area contributed by atoms with E-state index >= 15 is 0 Å². The Morgan fingerprint density at radius 2 is 1.62 bits per heavy atom. The first kappa shape index (κ1) is 30.5. The van der Waals surface area contributed by atoms with Crippen LogP contribution in [0.15, 0.2) is 89.7 Å². The quantitative estimate of drug-likeness (QED) is 0.223. The van der Waals surface area contributed by atoms with Gasteiger partial charge in [0.15, 0.2) is 0 Å². The van der Waals surface area contributed by atoms with E-state index in [-0.39, 0.29) is 34.9 Å². The van der Waals surface area contributed by atoms with Gasteiger partial charge in [-0.15, -0.1) is 0 Å². The van der Waals surface area contributed by atoms with Crippen molar-refractivity contribution < 1.29 is 14.5 Å². The van der Waals surface area contributed by atoms with Crippen molar-refractivity contribution in [1.82, 2.24) is 9.47 Å². The number of amides is 2. The van der Waals surface area contributed by atoms with Gasteiger partial charge in [-0.25, -0.2) is 0 Å². The van der Waals surface area contributed by atoms with Gasteiger partial charge in [0.2, 0.25) is 0 Å². The molecule has 2 saturated heterocycles. The first-order valence-corrected chi connectivity index (χ1v) is 16.1. The van der Waals surface area contributed by atoms with Crippen LogP contribution in [0.2, 0.25) is 5.02 Å². The summed E-state index contributed by atoms with van der Waals surface area (Å²) in [7, 11) is 0. The van der Waals surface area contributed by atoms with E-state index in [0.717, 1.165) is 23.5 Å². The summed E-state index contributed by atoms with van der Waals surface area (Å²) >= 11 is 6.37. The van der Waals surface area contributed by atoms with Gasteiger partial charge in [-0.1, -0.05) is 29.8 Å². The monoisotopic (exact) mass is 652 g/mol. The minimum Gasteiger partial charge on any atom is -0.369 e. The fourth-order valence-corrected chi connectivity index (χ4v) is 7.33. The molecular weight excluding hydrogens is 620 g/mol. The Morgan fingerprint density at radius 3 is 2.36 bits per heavy atom. The summed E-state index contributed by atoms with van der Waals surface area (Å²) in [4.78, 5) is 56.6. The number of halogens is 1. The zero-order chi connectivity index (χ0) is 32.7. The molecule has 0 aliphatic carbocycles. The van der Waals surface area contributed by atoms with E-state index in [4.69, 9.17) is 11.6 Å². The van der Waals surface area contributed by atoms with E-state index in [1.807, 2.05) is 28.8 Å². The number of hydrogen-bond donors (Lipinski definition) is 1. The van der Waals surface area contributed by atoms with Crippen LogP contribution in [0.25, 0.3) is 0 Å². The Morgan fingerprint density at radius 1 is 0.851 bits per heavy atom. The summed E-state index contributed by atoms with van der Waals surface area (Å²) in [6.07, 6.45) is 0.990. The molecule has 47 heavy (non-hydrogen) atoms. The average Bonchev–Trinajstić information content (AvgIpc) is 3.08. The fourth-order valence-electron chi connectivity index (χ4n) is 7.11. The van der Waals surface area contributed by atoms with E-state index in [1.165, 1.54) is 12.1 Å². The molecule has 2 fully saturated rings. The maximum Gasteiger partial charge on any atom is 0.269 e. The van der Waals surface area contributed by atoms with Crippen LogP contribution in [0.1, 0.15) is 38.7 Å². The molecule has 2 amide bonds. The number of carbonyl (C=O) groups is 2. The fraction of sp³-hybridized carbons (Fsp3) is 0.286. The molecule has 11 nitrogen and oxygen atoms in total. The summed E-state index contributed by atoms with van der Waals surface area (Å²) < 4.78 is 1.89. The Kier molecular flexibility index (Phi) is 8.15. The highest BCUT2D eigenvalue weighted by Gasteiger charge is 2.35. The molecule has 2 unspecified atom stereocenters. The molecule has 3 aliphatic rings. The third-order valence-corrected chi connectivity index (χ3v) is 9.75. The van der Waals surface area contributed by atoms with Crippen molar-refractivity contribution in [2.24, 2.45) is 5.92 Å². The van der Waals surface area contributed by atoms with Gasteiger partial charge in [0, 0.05) is 86.9 Å². The standard InChI is InChI=1S/C35H33ClN6O5/c36-29-5-2-1-4-28(29)34(44)37-30-19-24(35(45)39-16-14-38(15-17-39)26-9-11-27(12-10-26)42(46)47)8-13-32(30)40-20-23-18-25(22-40)31-6-3-7-33(43)41(31)21-23/h1-13,19,23,25H,14-18,20-22H2,(H,37,44). The Balaban J connectivity index is 1.13. The number of nitrogens with one attached hydrogen (secondary N) is 1. The molecule has 1 aromatic heterocycles. The summed E-state index contributed by atoms with van der Waals surface area (Å²) in [5.41, 5.74) is 4.09. The molecular formula is C35H33ClN6O5. The van der Waals surface area contributed by atoms with Crippen molar-refractivity contribution in [3.8, 4) is 0 Å². The number of anilines is 3. The van der Waals surface area contributed by atoms with Crippen molar-refractivity contribution in [2.45, 2.75) is 18.9 Å². The molecule has 2 bridgehead atoms. The van der Waals surface area contributed by atoms with Gasteiger partial charge >= 0.3 is 0 Å². The van der Waals surface area contributed by atoms with E-state index < -0.39 is 4.92 Å². The molecule has 2 atom stereocenters. The lowest BCUT2D eigenvalue weighted by atomic mass is 9.83. The number of nitrogens with zero attached hydrogens (tertiary/aromatic N) is 5. The van der Waals surface area contributed by atoms with E-state index in [1.54, 1.807) is 53.4 Å². The molecule has 0 spiro atoms. The molecule has 240 valence electrons. The number of fused-ring (bicyclic) bond motifs is 4. The summed E-state index contributed by atoms with van der Waals surface area (Å²) in [6.45, 7) is 4.15. The highest BCUT2D eigenvalue weighted by atomic mass is 35.5. The average molecular weight is 653 g/mol. The van der Waals surface area contributed by atoms with Crippen molar-refractivity contribution >= 4 is 46.2 Å². The van der Waals surface area contributed by atoms with Crippen molar-refractivity contribution in [3.05, 3.63) is 127 Å². The molecule has 4 aromatic rings. The third-order valence-electron chi connectivity index (χ3n) is 9.42. The van der Waals surface area contributed by atoms with E-state index in [9.17, 15) is 24.5 Å². The number of non-ortho nitro benzene ring substituents is 1. The number of carbonyl (C=O) groups excluding carboxylic acids is 2. The van der Waals surface area contributed by atoms with Crippen LogP contribution in [0.4, 0.5) is 22.7 Å². The second-order valence-corrected chi connectivity index (χ2v) is 12.7. The van der Waals surface area contributed by atoms with Crippen molar-refractivity contribution in [3.63, 3.8) is 0 Å². The second-order valence-electron chi connectivity index (χ2n) is 12.3. The Hall–Kier alpha value is -5.16.